The summed E-state index contributed by atoms with van der Waals surface area (Å²) in [4.78, 5) is 5.13. The van der Waals surface area contributed by atoms with E-state index in [-0.39, 0.29) is 16.0 Å². The highest BCUT2D eigenvalue weighted by atomic mass is 79.9. The van der Waals surface area contributed by atoms with Crippen LogP contribution in [0.25, 0.3) is 0 Å². The largest absolute Gasteiger partial charge is 0.290 e. The molecule has 0 spiro atoms. The van der Waals surface area contributed by atoms with Crippen LogP contribution < -0.4 is 5.48 Å². The molecule has 0 unspecified atom stereocenters. The van der Waals surface area contributed by atoms with Gasteiger partial charge in [0.1, 0.15) is 11.5 Å². The smallest absolute Gasteiger partial charge is 0.182 e. The molecule has 0 amide bonds. The summed E-state index contributed by atoms with van der Waals surface area (Å²) in [6, 6.07) is 4.25. The Morgan fingerprint density at radius 3 is 2.85 bits per heavy atom. The number of hydrogen-bond acceptors (Lipinski definition) is 6. The van der Waals surface area contributed by atoms with Gasteiger partial charge >= 0.3 is 0 Å². The molecular formula is C17H18BrFN4O2S. The van der Waals surface area contributed by atoms with E-state index in [1.54, 1.807) is 0 Å². The fourth-order valence-electron chi connectivity index (χ4n) is 3.11. The van der Waals surface area contributed by atoms with Gasteiger partial charge in [-0.05, 0) is 56.5 Å². The van der Waals surface area contributed by atoms with E-state index in [1.165, 1.54) is 43.9 Å². The molecule has 1 saturated carbocycles. The minimum atomic E-state index is -0.400. The van der Waals surface area contributed by atoms with Crippen molar-refractivity contribution >= 4 is 44.5 Å². The predicted octanol–water partition coefficient (Wildman–Crippen LogP) is 4.52. The number of benzene rings is 1. The van der Waals surface area contributed by atoms with Crippen LogP contribution in [0.3, 0.4) is 0 Å². The van der Waals surface area contributed by atoms with Crippen LogP contribution in [0.15, 0.2) is 32.3 Å². The van der Waals surface area contributed by atoms with Crippen molar-refractivity contribution in [2.45, 2.75) is 38.5 Å². The number of aliphatic imine (C=N–C) groups is 1. The first-order valence-corrected chi connectivity index (χ1v) is 9.54. The first-order chi connectivity index (χ1) is 12.6. The van der Waals surface area contributed by atoms with E-state index in [4.69, 9.17) is 16.8 Å². The lowest BCUT2D eigenvalue weighted by atomic mass is 9.99. The Morgan fingerprint density at radius 2 is 2.15 bits per heavy atom. The minimum Gasteiger partial charge on any atom is -0.290 e. The van der Waals surface area contributed by atoms with Gasteiger partial charge in [-0.2, -0.15) is 0 Å². The van der Waals surface area contributed by atoms with Gasteiger partial charge in [-0.3, -0.25) is 10.7 Å². The maximum Gasteiger partial charge on any atom is 0.182 e. The van der Waals surface area contributed by atoms with Crippen LogP contribution in [-0.2, 0) is 6.42 Å². The van der Waals surface area contributed by atoms with E-state index in [0.29, 0.717) is 23.7 Å². The first-order valence-electron chi connectivity index (χ1n) is 8.34. The lowest BCUT2D eigenvalue weighted by Gasteiger charge is -2.09. The molecule has 1 aromatic carbocycles. The van der Waals surface area contributed by atoms with Crippen LogP contribution in [0.5, 0.6) is 0 Å². The zero-order valence-electron chi connectivity index (χ0n) is 13.9. The number of thiocarbonyl (C=S) groups is 1. The van der Waals surface area contributed by atoms with Crippen molar-refractivity contribution < 1.29 is 14.2 Å². The maximum atomic E-state index is 13.4. The Morgan fingerprint density at radius 1 is 1.38 bits per heavy atom. The van der Waals surface area contributed by atoms with E-state index >= 15 is 0 Å². The summed E-state index contributed by atoms with van der Waals surface area (Å²) >= 11 is 8.61. The van der Waals surface area contributed by atoms with Gasteiger partial charge in [-0.15, -0.1) is 0 Å². The van der Waals surface area contributed by atoms with Crippen molar-refractivity contribution in [3.05, 3.63) is 39.9 Å². The molecule has 26 heavy (non-hydrogen) atoms. The highest BCUT2D eigenvalue weighted by molar-refractivity contribution is 9.10. The second-order valence-electron chi connectivity index (χ2n) is 6.30. The summed E-state index contributed by atoms with van der Waals surface area (Å²) in [5.41, 5.74) is 3.23. The number of hydroxylamine groups is 1. The van der Waals surface area contributed by atoms with Gasteiger partial charge in [-0.25, -0.2) is 14.0 Å². The van der Waals surface area contributed by atoms with Gasteiger partial charge in [0.15, 0.2) is 11.5 Å². The normalized spacial score (nSPS) is 15.4. The standard InChI is InChI=1S/C17H18BrFN4O2S/c18-13-8-11(5-6-14(13)19)20-17(21-24)16-15(22-25-23-16)9-12(26)7-10-3-1-2-4-10/h5-6,8,10,24H,1-4,7,9H2,(H,20,21). The van der Waals surface area contributed by atoms with Crippen molar-refractivity contribution in [2.75, 3.05) is 0 Å². The van der Waals surface area contributed by atoms with Crippen molar-refractivity contribution in [1.29, 1.82) is 0 Å². The lowest BCUT2D eigenvalue weighted by molar-refractivity contribution is 0.234. The number of aromatic nitrogens is 2. The molecule has 1 aliphatic rings. The van der Waals surface area contributed by atoms with Gasteiger partial charge in [0, 0.05) is 6.42 Å². The molecule has 6 nitrogen and oxygen atoms in total. The Kier molecular flexibility index (Phi) is 6.44. The second kappa shape index (κ2) is 8.79. The highest BCUT2D eigenvalue weighted by Crippen LogP contribution is 2.28. The monoisotopic (exact) mass is 440 g/mol. The van der Waals surface area contributed by atoms with Gasteiger partial charge < -0.3 is 0 Å². The molecule has 138 valence electrons. The van der Waals surface area contributed by atoms with Gasteiger partial charge in [0.05, 0.1) is 10.2 Å². The third-order valence-corrected chi connectivity index (χ3v) is 5.31. The molecule has 0 aliphatic heterocycles. The number of rotatable bonds is 6. The molecule has 1 aromatic heterocycles. The molecule has 0 atom stereocenters. The van der Waals surface area contributed by atoms with Crippen molar-refractivity contribution in [3.63, 3.8) is 0 Å². The Labute approximate surface area is 163 Å². The third kappa shape index (κ3) is 4.72. The van der Waals surface area contributed by atoms with Gasteiger partial charge in [-0.1, -0.05) is 43.1 Å². The molecule has 9 heteroatoms. The summed E-state index contributed by atoms with van der Waals surface area (Å²) in [6.07, 6.45) is 6.28. The molecule has 1 heterocycles. The summed E-state index contributed by atoms with van der Waals surface area (Å²) in [6.45, 7) is 0. The third-order valence-electron chi connectivity index (χ3n) is 4.39. The number of nitrogens with zero attached hydrogens (tertiary/aromatic N) is 3. The lowest BCUT2D eigenvalue weighted by Crippen LogP contribution is -2.22. The van der Waals surface area contributed by atoms with Crippen LogP contribution in [0, 0.1) is 11.7 Å². The Balaban J connectivity index is 1.77. The number of halogens is 2. The minimum absolute atomic E-state index is 0.0587. The Hall–Kier alpha value is -1.71. The summed E-state index contributed by atoms with van der Waals surface area (Å²) in [5, 5.41) is 17.2. The quantitative estimate of drug-likeness (QED) is 0.297. The van der Waals surface area contributed by atoms with E-state index in [2.05, 4.69) is 31.2 Å². The molecule has 3 rings (SSSR count). The molecule has 2 N–H and O–H groups in total. The van der Waals surface area contributed by atoms with Crippen LogP contribution >= 0.6 is 28.1 Å². The van der Waals surface area contributed by atoms with Crippen LogP contribution in [0.1, 0.15) is 43.5 Å². The van der Waals surface area contributed by atoms with Crippen LogP contribution in [0.2, 0.25) is 0 Å². The first kappa shape index (κ1) is 19.1. The summed E-state index contributed by atoms with van der Waals surface area (Å²) in [7, 11) is 0. The number of hydrogen-bond donors (Lipinski definition) is 2. The van der Waals surface area contributed by atoms with Crippen molar-refractivity contribution in [3.8, 4) is 0 Å². The van der Waals surface area contributed by atoms with Crippen molar-refractivity contribution in [1.82, 2.24) is 15.8 Å². The van der Waals surface area contributed by atoms with Gasteiger partial charge in [0.2, 0.25) is 0 Å². The topological polar surface area (TPSA) is 83.5 Å². The predicted molar refractivity (Wildman–Crippen MR) is 102 cm³/mol. The fourth-order valence-corrected chi connectivity index (χ4v) is 3.85. The molecule has 0 saturated heterocycles. The van der Waals surface area contributed by atoms with Crippen molar-refractivity contribution in [2.24, 2.45) is 10.9 Å². The van der Waals surface area contributed by atoms with Crippen LogP contribution in [-0.4, -0.2) is 26.2 Å². The maximum absolute atomic E-state index is 13.4. The summed E-state index contributed by atoms with van der Waals surface area (Å²) in [5.74, 6) is 0.304. The van der Waals surface area contributed by atoms with E-state index in [0.717, 1.165) is 11.3 Å². The summed E-state index contributed by atoms with van der Waals surface area (Å²) < 4.78 is 18.4. The Bertz CT molecular complexity index is 821. The van der Waals surface area contributed by atoms with Crippen LogP contribution in [0.4, 0.5) is 10.1 Å². The average molecular weight is 441 g/mol. The number of amidine groups is 1. The molecule has 1 aliphatic carbocycles. The number of nitrogens with one attached hydrogen (secondary N) is 1. The molecule has 2 aromatic rings. The fraction of sp³-hybridized carbons (Fsp3) is 0.412. The SMILES string of the molecule is ONC(=Nc1ccc(F)c(Br)c1)c1nonc1CC(=S)CC1CCCC1. The molecule has 0 bridgehead atoms. The van der Waals surface area contributed by atoms with E-state index < -0.39 is 5.82 Å². The molecule has 1 fully saturated rings. The highest BCUT2D eigenvalue weighted by Gasteiger charge is 2.21. The van der Waals surface area contributed by atoms with Gasteiger partial charge in [0.25, 0.3) is 0 Å². The zero-order valence-corrected chi connectivity index (χ0v) is 16.3. The molecular weight excluding hydrogens is 423 g/mol. The van der Waals surface area contributed by atoms with E-state index in [9.17, 15) is 9.60 Å². The molecule has 0 radical (unpaired) electrons. The second-order valence-corrected chi connectivity index (χ2v) is 7.73. The van der Waals surface area contributed by atoms with E-state index in [1.807, 2.05) is 5.48 Å². The zero-order chi connectivity index (χ0) is 18.5. The average Bonchev–Trinajstić information content (AvgIpc) is 3.28.